The Bertz CT molecular complexity index is 283. The molecule has 2 heterocycles. The number of nitrogens with one attached hydrogen (secondary N) is 1. The zero-order valence-corrected chi connectivity index (χ0v) is 8.74. The molecule has 0 aliphatic carbocycles. The van der Waals surface area contributed by atoms with Crippen LogP contribution in [0.2, 0.25) is 4.34 Å². The zero-order chi connectivity index (χ0) is 9.68. The first-order valence-corrected chi connectivity index (χ1v) is 4.98. The van der Waals surface area contributed by atoms with Crippen LogP contribution in [0.3, 0.4) is 0 Å². The maximum atomic E-state index is 10.9. The summed E-state index contributed by atoms with van der Waals surface area (Å²) in [7, 11) is 1.59. The van der Waals surface area contributed by atoms with Gasteiger partial charge >= 0.3 is 0 Å². The van der Waals surface area contributed by atoms with Crippen LogP contribution in [-0.4, -0.2) is 26.2 Å². The van der Waals surface area contributed by atoms with Crippen LogP contribution in [0.15, 0.2) is 12.1 Å². The predicted octanol–water partition coefficient (Wildman–Crippen LogP) is 1.78. The first-order valence-electron chi connectivity index (χ1n) is 3.79. The zero-order valence-electron chi connectivity index (χ0n) is 7.17. The Morgan fingerprint density at radius 3 is 2.54 bits per heavy atom. The molecule has 1 amide bonds. The number of thiophene rings is 1. The van der Waals surface area contributed by atoms with E-state index >= 15 is 0 Å². The smallest absolute Gasteiger partial charge is 0.261 e. The van der Waals surface area contributed by atoms with Crippen molar-refractivity contribution >= 4 is 28.8 Å². The lowest BCUT2D eigenvalue weighted by Gasteiger charge is -1.90. The minimum absolute atomic E-state index is 0.0862. The number of carbonyl (C=O) groups excluding carboxylic acids is 1. The van der Waals surface area contributed by atoms with Crippen LogP contribution in [0.25, 0.3) is 0 Å². The summed E-state index contributed by atoms with van der Waals surface area (Å²) in [5.74, 6) is -0.0862. The second-order valence-corrected chi connectivity index (χ2v) is 4.01. The van der Waals surface area contributed by atoms with Gasteiger partial charge in [-0.2, -0.15) is 0 Å². The number of epoxide rings is 1. The first kappa shape index (κ1) is 10.5. The molecule has 0 aromatic carbocycles. The van der Waals surface area contributed by atoms with E-state index in [0.29, 0.717) is 9.21 Å². The van der Waals surface area contributed by atoms with Gasteiger partial charge in [-0.1, -0.05) is 11.6 Å². The van der Waals surface area contributed by atoms with E-state index in [1.807, 2.05) is 0 Å². The van der Waals surface area contributed by atoms with Gasteiger partial charge in [0.2, 0.25) is 0 Å². The maximum Gasteiger partial charge on any atom is 0.261 e. The lowest BCUT2D eigenvalue weighted by atomic mass is 10.4. The van der Waals surface area contributed by atoms with Gasteiger partial charge < -0.3 is 10.1 Å². The van der Waals surface area contributed by atoms with Crippen LogP contribution in [-0.2, 0) is 4.74 Å². The second-order valence-electron chi connectivity index (χ2n) is 2.30. The Morgan fingerprint density at radius 2 is 2.23 bits per heavy atom. The molecule has 1 aliphatic rings. The van der Waals surface area contributed by atoms with Crippen molar-refractivity contribution in [2.24, 2.45) is 0 Å². The maximum absolute atomic E-state index is 10.9. The number of rotatable bonds is 1. The topological polar surface area (TPSA) is 41.6 Å². The van der Waals surface area contributed by atoms with Crippen molar-refractivity contribution in [3.05, 3.63) is 21.3 Å². The lowest BCUT2D eigenvalue weighted by molar-refractivity contribution is 0.0967. The van der Waals surface area contributed by atoms with Crippen molar-refractivity contribution in [1.29, 1.82) is 0 Å². The average Bonchev–Trinajstić information content (AvgIpc) is 2.95. The van der Waals surface area contributed by atoms with Gasteiger partial charge in [-0.25, -0.2) is 0 Å². The summed E-state index contributed by atoms with van der Waals surface area (Å²) in [6, 6.07) is 3.41. The summed E-state index contributed by atoms with van der Waals surface area (Å²) >= 11 is 6.87. The molecule has 0 saturated carbocycles. The van der Waals surface area contributed by atoms with Crippen LogP contribution < -0.4 is 5.32 Å². The minimum Gasteiger partial charge on any atom is -0.377 e. The molecule has 1 saturated heterocycles. The minimum atomic E-state index is -0.0862. The Kier molecular flexibility index (Phi) is 4.21. The summed E-state index contributed by atoms with van der Waals surface area (Å²) < 4.78 is 5.14. The Morgan fingerprint density at radius 1 is 1.62 bits per heavy atom. The van der Waals surface area contributed by atoms with Gasteiger partial charge in [0.25, 0.3) is 5.91 Å². The van der Waals surface area contributed by atoms with Crippen molar-refractivity contribution < 1.29 is 9.53 Å². The van der Waals surface area contributed by atoms with Crippen LogP contribution in [0.4, 0.5) is 0 Å². The molecule has 0 bridgehead atoms. The van der Waals surface area contributed by atoms with E-state index in [1.165, 1.54) is 11.3 Å². The first-order chi connectivity index (χ1) is 6.24. The van der Waals surface area contributed by atoms with Crippen molar-refractivity contribution in [3.63, 3.8) is 0 Å². The third-order valence-corrected chi connectivity index (χ3v) is 2.46. The summed E-state index contributed by atoms with van der Waals surface area (Å²) in [5.41, 5.74) is 0. The molecule has 0 unspecified atom stereocenters. The van der Waals surface area contributed by atoms with Crippen molar-refractivity contribution in [1.82, 2.24) is 5.32 Å². The van der Waals surface area contributed by atoms with Crippen molar-refractivity contribution in [2.75, 3.05) is 20.3 Å². The van der Waals surface area contributed by atoms with Gasteiger partial charge in [-0.3, -0.25) is 4.79 Å². The molecular formula is C8H10ClNO2S. The number of ether oxygens (including phenoxy) is 1. The molecule has 1 N–H and O–H groups in total. The van der Waals surface area contributed by atoms with E-state index < -0.39 is 0 Å². The highest BCUT2D eigenvalue weighted by Gasteiger charge is 2.04. The van der Waals surface area contributed by atoms with Crippen LogP contribution >= 0.6 is 22.9 Å². The van der Waals surface area contributed by atoms with Gasteiger partial charge in [0.15, 0.2) is 0 Å². The molecule has 1 aromatic rings. The quantitative estimate of drug-likeness (QED) is 0.732. The summed E-state index contributed by atoms with van der Waals surface area (Å²) in [4.78, 5) is 11.5. The number of hydrogen-bond acceptors (Lipinski definition) is 3. The van der Waals surface area contributed by atoms with E-state index in [9.17, 15) is 4.79 Å². The number of hydrogen-bond donors (Lipinski definition) is 1. The number of amides is 1. The van der Waals surface area contributed by atoms with Crippen LogP contribution in [0.1, 0.15) is 9.67 Å². The van der Waals surface area contributed by atoms with Gasteiger partial charge in [-0.15, -0.1) is 11.3 Å². The fraction of sp³-hybridized carbons (Fsp3) is 0.375. The van der Waals surface area contributed by atoms with E-state index in [4.69, 9.17) is 11.6 Å². The fourth-order valence-corrected chi connectivity index (χ4v) is 1.55. The molecular weight excluding hydrogens is 210 g/mol. The third kappa shape index (κ3) is 4.26. The lowest BCUT2D eigenvalue weighted by Crippen LogP contribution is -2.15. The molecule has 72 valence electrons. The van der Waals surface area contributed by atoms with E-state index in [1.54, 1.807) is 19.2 Å². The second kappa shape index (κ2) is 5.21. The van der Waals surface area contributed by atoms with E-state index in [0.717, 1.165) is 13.2 Å². The number of halogens is 1. The molecule has 13 heavy (non-hydrogen) atoms. The molecule has 1 aliphatic heterocycles. The highest BCUT2D eigenvalue weighted by Crippen LogP contribution is 2.20. The summed E-state index contributed by atoms with van der Waals surface area (Å²) in [6.45, 7) is 2.00. The molecule has 1 aromatic heterocycles. The highest BCUT2D eigenvalue weighted by molar-refractivity contribution is 7.17. The third-order valence-electron chi connectivity index (χ3n) is 1.23. The SMILES string of the molecule is C1CO1.CNC(=O)c1ccc(Cl)s1. The van der Waals surface area contributed by atoms with Crippen LogP contribution in [0, 0.1) is 0 Å². The highest BCUT2D eigenvalue weighted by atomic mass is 35.5. The summed E-state index contributed by atoms with van der Waals surface area (Å²) in [6.07, 6.45) is 0. The number of carbonyl (C=O) groups is 1. The average molecular weight is 220 g/mol. The molecule has 2 rings (SSSR count). The molecule has 1 fully saturated rings. The largest absolute Gasteiger partial charge is 0.377 e. The van der Waals surface area contributed by atoms with Crippen LogP contribution in [0.5, 0.6) is 0 Å². The monoisotopic (exact) mass is 219 g/mol. The Hall–Kier alpha value is -0.580. The van der Waals surface area contributed by atoms with Crippen molar-refractivity contribution in [3.8, 4) is 0 Å². The molecule has 3 nitrogen and oxygen atoms in total. The van der Waals surface area contributed by atoms with Gasteiger partial charge in [0, 0.05) is 7.05 Å². The standard InChI is InChI=1S/C6H6ClNOS.C2H4O/c1-8-6(9)4-2-3-5(7)10-4;1-2-3-1/h2-3H,1H3,(H,8,9);1-2H2. The fourth-order valence-electron chi connectivity index (χ4n) is 0.560. The molecule has 0 spiro atoms. The predicted molar refractivity (Wildman–Crippen MR) is 53.5 cm³/mol. The van der Waals surface area contributed by atoms with Gasteiger partial charge in [0.1, 0.15) is 0 Å². The molecule has 0 atom stereocenters. The van der Waals surface area contributed by atoms with Gasteiger partial charge in [-0.05, 0) is 12.1 Å². The molecule has 0 radical (unpaired) electrons. The van der Waals surface area contributed by atoms with Gasteiger partial charge in [0.05, 0.1) is 22.4 Å². The normalized spacial score (nSPS) is 12.8. The Labute approximate surface area is 85.7 Å². The van der Waals surface area contributed by atoms with E-state index in [-0.39, 0.29) is 5.91 Å². The van der Waals surface area contributed by atoms with E-state index in [2.05, 4.69) is 10.1 Å². The summed E-state index contributed by atoms with van der Waals surface area (Å²) in [5, 5.41) is 2.51. The Balaban J connectivity index is 0.000000236. The molecule has 5 heteroatoms. The van der Waals surface area contributed by atoms with Crippen molar-refractivity contribution in [2.45, 2.75) is 0 Å².